The molecule has 6 nitrogen and oxygen atoms in total. The number of oxime groups is 1. The van der Waals surface area contributed by atoms with Crippen molar-refractivity contribution >= 4 is 39.3 Å². The van der Waals surface area contributed by atoms with Crippen LogP contribution in [0.25, 0.3) is 21.8 Å². The highest BCUT2D eigenvalue weighted by molar-refractivity contribution is 6.17. The van der Waals surface area contributed by atoms with Crippen LogP contribution in [-0.2, 0) is 11.4 Å². The molecule has 5 aromatic rings. The number of hydrogen-bond acceptors (Lipinski definition) is 5. The number of ketones is 1. The first-order valence-electron chi connectivity index (χ1n) is 12.2. The zero-order valence-corrected chi connectivity index (χ0v) is 20.5. The van der Waals surface area contributed by atoms with Gasteiger partial charge in [-0.15, -0.1) is 0 Å². The number of rotatable bonds is 5. The van der Waals surface area contributed by atoms with E-state index < -0.39 is 5.97 Å². The first-order valence-corrected chi connectivity index (χ1v) is 12.2. The minimum atomic E-state index is -0.524. The van der Waals surface area contributed by atoms with Crippen LogP contribution in [-0.4, -0.2) is 28.6 Å². The highest BCUT2D eigenvalue weighted by atomic mass is 16.7. The minimum absolute atomic E-state index is 0.00281. The lowest BCUT2D eigenvalue weighted by atomic mass is 9.97. The molecule has 0 bridgehead atoms. The SMILES string of the molecule is CCn1c2ccc(C(=O)c3ccccc3C)cc2c2cc3c(cc21)OC/C3=N\OC(=O)c1ccccc1. The quantitative estimate of drug-likeness (QED) is 0.165. The van der Waals surface area contributed by atoms with Crippen LogP contribution in [0.15, 0.2) is 90.1 Å². The molecule has 0 saturated carbocycles. The summed E-state index contributed by atoms with van der Waals surface area (Å²) in [6, 6.07) is 26.3. The topological polar surface area (TPSA) is 69.9 Å². The normalized spacial score (nSPS) is 13.6. The van der Waals surface area contributed by atoms with Crippen molar-refractivity contribution in [2.24, 2.45) is 5.16 Å². The van der Waals surface area contributed by atoms with Crippen LogP contribution in [0.4, 0.5) is 0 Å². The van der Waals surface area contributed by atoms with Gasteiger partial charge in [0, 0.05) is 45.6 Å². The van der Waals surface area contributed by atoms with E-state index in [1.54, 1.807) is 24.3 Å². The van der Waals surface area contributed by atoms with Crippen molar-refractivity contribution in [2.75, 3.05) is 6.61 Å². The molecule has 6 heteroatoms. The predicted octanol–water partition coefficient (Wildman–Crippen LogP) is 6.31. The van der Waals surface area contributed by atoms with E-state index in [1.807, 2.05) is 67.6 Å². The van der Waals surface area contributed by atoms with Crippen molar-refractivity contribution < 1.29 is 19.2 Å². The lowest BCUT2D eigenvalue weighted by Crippen LogP contribution is -2.07. The van der Waals surface area contributed by atoms with Gasteiger partial charge in [0.05, 0.1) is 11.1 Å². The highest BCUT2D eigenvalue weighted by Gasteiger charge is 2.24. The monoisotopic (exact) mass is 488 g/mol. The molecule has 0 spiro atoms. The fourth-order valence-corrected chi connectivity index (χ4v) is 4.96. The zero-order chi connectivity index (χ0) is 25.5. The van der Waals surface area contributed by atoms with Gasteiger partial charge in [-0.1, -0.05) is 47.6 Å². The summed E-state index contributed by atoms with van der Waals surface area (Å²) in [5.74, 6) is 0.164. The van der Waals surface area contributed by atoms with E-state index in [4.69, 9.17) is 9.57 Å². The number of benzene rings is 4. The average molecular weight is 489 g/mol. The van der Waals surface area contributed by atoms with Gasteiger partial charge < -0.3 is 14.1 Å². The molecule has 0 aliphatic carbocycles. The van der Waals surface area contributed by atoms with Gasteiger partial charge in [-0.3, -0.25) is 4.79 Å². The molecule has 0 amide bonds. The number of aryl methyl sites for hydroxylation is 2. The van der Waals surface area contributed by atoms with Gasteiger partial charge in [-0.25, -0.2) is 4.79 Å². The van der Waals surface area contributed by atoms with E-state index in [0.717, 1.165) is 39.5 Å². The maximum Gasteiger partial charge on any atom is 0.365 e. The van der Waals surface area contributed by atoms with Gasteiger partial charge in [0.25, 0.3) is 0 Å². The smallest absolute Gasteiger partial charge is 0.365 e. The van der Waals surface area contributed by atoms with Crippen LogP contribution in [0.5, 0.6) is 5.75 Å². The Balaban J connectivity index is 1.43. The number of nitrogens with zero attached hydrogens (tertiary/aromatic N) is 2. The summed E-state index contributed by atoms with van der Waals surface area (Å²) in [6.07, 6.45) is 0. The van der Waals surface area contributed by atoms with Gasteiger partial charge in [-0.2, -0.15) is 0 Å². The molecule has 6 rings (SSSR count). The van der Waals surface area contributed by atoms with Gasteiger partial charge in [0.15, 0.2) is 5.78 Å². The Bertz CT molecular complexity index is 1730. The molecule has 0 radical (unpaired) electrons. The second kappa shape index (κ2) is 9.06. The average Bonchev–Trinajstić information content (AvgIpc) is 3.48. The van der Waals surface area contributed by atoms with Gasteiger partial charge in [0.1, 0.15) is 18.1 Å². The summed E-state index contributed by atoms with van der Waals surface area (Å²) in [7, 11) is 0. The van der Waals surface area contributed by atoms with Gasteiger partial charge >= 0.3 is 5.97 Å². The molecule has 1 aliphatic heterocycles. The van der Waals surface area contributed by atoms with Crippen LogP contribution in [0, 0.1) is 6.92 Å². The maximum absolute atomic E-state index is 13.3. The third kappa shape index (κ3) is 3.87. The predicted molar refractivity (Wildman–Crippen MR) is 144 cm³/mol. The first-order chi connectivity index (χ1) is 18.0. The van der Waals surface area contributed by atoms with Crippen LogP contribution in [0.2, 0.25) is 0 Å². The van der Waals surface area contributed by atoms with Crippen molar-refractivity contribution in [3.63, 3.8) is 0 Å². The number of fused-ring (bicyclic) bond motifs is 4. The van der Waals surface area contributed by atoms with E-state index in [0.29, 0.717) is 28.2 Å². The maximum atomic E-state index is 13.3. The standard InChI is InChI=1S/C31H24N2O4/c1-3-33-27-14-13-21(30(34)22-12-8-7-9-19(22)2)15-23(27)24-16-25-26(18-36-29(25)17-28(24)33)32-37-31(35)20-10-5-4-6-11-20/h4-17H,3,18H2,1-2H3/b32-26+. The van der Waals surface area contributed by atoms with Crippen molar-refractivity contribution in [1.29, 1.82) is 0 Å². The third-order valence-electron chi connectivity index (χ3n) is 6.86. The molecule has 2 heterocycles. The summed E-state index contributed by atoms with van der Waals surface area (Å²) >= 11 is 0. The summed E-state index contributed by atoms with van der Waals surface area (Å²) in [4.78, 5) is 30.9. The van der Waals surface area contributed by atoms with Crippen LogP contribution >= 0.6 is 0 Å². The largest absolute Gasteiger partial charge is 0.486 e. The van der Waals surface area contributed by atoms with Crippen LogP contribution in [0.1, 0.15) is 44.3 Å². The Morgan fingerprint density at radius 1 is 0.892 bits per heavy atom. The lowest BCUT2D eigenvalue weighted by molar-refractivity contribution is 0.0515. The summed E-state index contributed by atoms with van der Waals surface area (Å²) < 4.78 is 8.11. The van der Waals surface area contributed by atoms with Crippen molar-refractivity contribution in [3.05, 3.63) is 113 Å². The number of carbonyl (C=O) groups excluding carboxylic acids is 2. The fraction of sp³-hybridized carbons (Fsp3) is 0.129. The fourth-order valence-electron chi connectivity index (χ4n) is 4.96. The number of ether oxygens (including phenoxy) is 1. The van der Waals surface area contributed by atoms with Crippen LogP contribution in [0.3, 0.4) is 0 Å². The minimum Gasteiger partial charge on any atom is -0.486 e. The molecule has 0 fully saturated rings. The molecule has 4 aromatic carbocycles. The Morgan fingerprint density at radius 2 is 1.65 bits per heavy atom. The molecule has 0 saturated heterocycles. The molecule has 0 atom stereocenters. The molecular formula is C31H24N2O4. The molecule has 37 heavy (non-hydrogen) atoms. The number of hydrogen-bond donors (Lipinski definition) is 0. The molecule has 0 N–H and O–H groups in total. The van der Waals surface area contributed by atoms with E-state index in [2.05, 4.69) is 16.6 Å². The van der Waals surface area contributed by atoms with Gasteiger partial charge in [-0.05, 0) is 55.8 Å². The van der Waals surface area contributed by atoms with Crippen molar-refractivity contribution in [3.8, 4) is 5.75 Å². The molecule has 1 aliphatic rings. The summed E-state index contributed by atoms with van der Waals surface area (Å²) in [5, 5.41) is 6.10. The Kier molecular flexibility index (Phi) is 5.57. The Labute approximate surface area is 213 Å². The molecule has 0 unspecified atom stereocenters. The van der Waals surface area contributed by atoms with E-state index in [9.17, 15) is 9.59 Å². The first kappa shape index (κ1) is 22.7. The van der Waals surface area contributed by atoms with E-state index >= 15 is 0 Å². The van der Waals surface area contributed by atoms with Crippen molar-refractivity contribution in [1.82, 2.24) is 4.57 Å². The molecule has 182 valence electrons. The summed E-state index contributed by atoms with van der Waals surface area (Å²) in [6.45, 7) is 5.02. The number of aromatic nitrogens is 1. The lowest BCUT2D eigenvalue weighted by Gasteiger charge is -2.06. The third-order valence-corrected chi connectivity index (χ3v) is 6.86. The Hall–Kier alpha value is -4.71. The highest BCUT2D eigenvalue weighted by Crippen LogP contribution is 2.37. The van der Waals surface area contributed by atoms with Crippen molar-refractivity contribution in [2.45, 2.75) is 20.4 Å². The summed E-state index contributed by atoms with van der Waals surface area (Å²) in [5.41, 5.74) is 6.09. The second-order valence-corrected chi connectivity index (χ2v) is 9.06. The van der Waals surface area contributed by atoms with E-state index in [-0.39, 0.29) is 12.4 Å². The second-order valence-electron chi connectivity index (χ2n) is 9.06. The van der Waals surface area contributed by atoms with Gasteiger partial charge in [0.2, 0.25) is 0 Å². The number of carbonyl (C=O) groups is 2. The molecular weight excluding hydrogens is 464 g/mol. The van der Waals surface area contributed by atoms with Crippen LogP contribution < -0.4 is 4.74 Å². The zero-order valence-electron chi connectivity index (χ0n) is 20.5. The Morgan fingerprint density at radius 3 is 2.43 bits per heavy atom. The molecule has 1 aromatic heterocycles. The van der Waals surface area contributed by atoms with E-state index in [1.165, 1.54) is 0 Å².